The zero-order chi connectivity index (χ0) is 14.3. The Morgan fingerprint density at radius 3 is 2.70 bits per heavy atom. The van der Waals surface area contributed by atoms with Crippen molar-refractivity contribution in [3.05, 3.63) is 28.9 Å². The summed E-state index contributed by atoms with van der Waals surface area (Å²) in [5, 5.41) is 15.3. The van der Waals surface area contributed by atoms with Gasteiger partial charge in [0.1, 0.15) is 0 Å². The van der Waals surface area contributed by atoms with Crippen LogP contribution in [-0.2, 0) is 17.3 Å². The second-order valence-electron chi connectivity index (χ2n) is 5.56. The number of benzene rings is 1. The minimum Gasteiger partial charge on any atom is -0.481 e. The molecule has 1 heterocycles. The first kappa shape index (κ1) is 13.4. The number of hydrogen-bond donors (Lipinski definition) is 1. The van der Waals surface area contributed by atoms with Crippen LogP contribution in [0.5, 0.6) is 0 Å². The van der Waals surface area contributed by atoms with Gasteiger partial charge in [0.15, 0.2) is 5.15 Å². The summed E-state index contributed by atoms with van der Waals surface area (Å²) < 4.78 is 1.70. The second kappa shape index (κ2) is 4.77. The predicted octanol–water partition coefficient (Wildman–Crippen LogP) is 3.51. The summed E-state index contributed by atoms with van der Waals surface area (Å²) in [4.78, 5) is 12.0. The van der Waals surface area contributed by atoms with E-state index in [4.69, 9.17) is 11.6 Å². The molecule has 4 nitrogen and oxygen atoms in total. The van der Waals surface area contributed by atoms with Crippen LogP contribution in [0.4, 0.5) is 0 Å². The molecular weight excluding hydrogens is 276 g/mol. The molecule has 0 atom stereocenters. The number of aromatic nitrogens is 2. The molecule has 1 saturated carbocycles. The molecule has 0 bridgehead atoms. The van der Waals surface area contributed by atoms with Gasteiger partial charge in [0.2, 0.25) is 0 Å². The lowest BCUT2D eigenvalue weighted by Crippen LogP contribution is -2.38. The van der Waals surface area contributed by atoms with E-state index in [0.29, 0.717) is 18.0 Å². The molecule has 0 radical (unpaired) electrons. The molecule has 1 aliphatic rings. The highest BCUT2D eigenvalue weighted by atomic mass is 35.5. The number of halogens is 1. The van der Waals surface area contributed by atoms with Crippen LogP contribution in [0, 0.1) is 0 Å². The van der Waals surface area contributed by atoms with Crippen molar-refractivity contribution in [3.8, 4) is 0 Å². The number of aryl methyl sites for hydroxylation is 1. The van der Waals surface area contributed by atoms with Crippen LogP contribution in [0.2, 0.25) is 5.15 Å². The number of aliphatic carboxylic acids is 1. The van der Waals surface area contributed by atoms with Gasteiger partial charge in [0.05, 0.1) is 10.9 Å². The molecule has 0 unspecified atom stereocenters. The molecule has 2 aromatic rings. The molecule has 1 aromatic carbocycles. The minimum absolute atomic E-state index is 0.431. The highest BCUT2D eigenvalue weighted by molar-refractivity contribution is 6.34. The zero-order valence-corrected chi connectivity index (χ0v) is 12.2. The maximum absolute atomic E-state index is 12.0. The summed E-state index contributed by atoms with van der Waals surface area (Å²) in [5.41, 5.74) is 0.903. The largest absolute Gasteiger partial charge is 0.481 e. The lowest BCUT2D eigenvalue weighted by Gasteiger charge is -2.34. The second-order valence-corrected chi connectivity index (χ2v) is 5.92. The molecule has 0 spiro atoms. The van der Waals surface area contributed by atoms with Gasteiger partial charge in [-0.3, -0.25) is 9.48 Å². The Hall–Kier alpha value is -1.55. The van der Waals surface area contributed by atoms with Crippen molar-refractivity contribution < 1.29 is 9.90 Å². The highest BCUT2D eigenvalue weighted by Crippen LogP contribution is 2.43. The van der Waals surface area contributed by atoms with E-state index in [1.54, 1.807) is 4.68 Å². The van der Waals surface area contributed by atoms with Gasteiger partial charge in [-0.1, -0.05) is 43.0 Å². The Morgan fingerprint density at radius 1 is 1.35 bits per heavy atom. The lowest BCUT2D eigenvalue weighted by molar-refractivity contribution is -0.145. The van der Waals surface area contributed by atoms with Gasteiger partial charge in [0.25, 0.3) is 0 Å². The van der Waals surface area contributed by atoms with E-state index in [1.165, 1.54) is 0 Å². The summed E-state index contributed by atoms with van der Waals surface area (Å²) in [6.45, 7) is 0. The first-order valence-electron chi connectivity index (χ1n) is 6.91. The Bertz CT molecular complexity index is 672. The molecule has 106 valence electrons. The van der Waals surface area contributed by atoms with E-state index >= 15 is 0 Å². The third kappa shape index (κ3) is 1.82. The Labute approximate surface area is 122 Å². The van der Waals surface area contributed by atoms with Crippen LogP contribution in [0.25, 0.3) is 10.9 Å². The van der Waals surface area contributed by atoms with Crippen LogP contribution in [0.1, 0.15) is 37.7 Å². The third-order valence-corrected chi connectivity index (χ3v) is 4.73. The van der Waals surface area contributed by atoms with Crippen molar-refractivity contribution in [2.75, 3.05) is 0 Å². The Kier molecular flexibility index (Phi) is 3.21. The summed E-state index contributed by atoms with van der Waals surface area (Å²) in [5.74, 6) is -0.734. The molecule has 3 rings (SSSR count). The standard InChI is InChI=1S/C15H17ClN2O2/c1-18-12-10(13(16)17-18)6-5-7-11(12)15(14(19)20)8-3-2-4-9-15/h5-7H,2-4,8-9H2,1H3,(H,19,20). The van der Waals surface area contributed by atoms with Gasteiger partial charge >= 0.3 is 5.97 Å². The van der Waals surface area contributed by atoms with Gasteiger partial charge in [-0.05, 0) is 24.5 Å². The number of hydrogen-bond acceptors (Lipinski definition) is 2. The fourth-order valence-corrected chi connectivity index (χ4v) is 3.70. The summed E-state index contributed by atoms with van der Waals surface area (Å²) in [6, 6.07) is 5.69. The van der Waals surface area contributed by atoms with Crippen molar-refractivity contribution in [2.24, 2.45) is 7.05 Å². The van der Waals surface area contributed by atoms with Gasteiger partial charge < -0.3 is 5.11 Å². The zero-order valence-electron chi connectivity index (χ0n) is 11.4. The van der Waals surface area contributed by atoms with Crippen LogP contribution < -0.4 is 0 Å². The summed E-state index contributed by atoms with van der Waals surface area (Å²) in [7, 11) is 1.82. The smallest absolute Gasteiger partial charge is 0.314 e. The SMILES string of the molecule is Cn1nc(Cl)c2cccc(C3(C(=O)O)CCCCC3)c21. The number of nitrogens with zero attached hydrogens (tertiary/aromatic N) is 2. The molecule has 0 amide bonds. The van der Waals surface area contributed by atoms with E-state index in [1.807, 2.05) is 25.2 Å². The van der Waals surface area contributed by atoms with E-state index < -0.39 is 11.4 Å². The Morgan fingerprint density at radius 2 is 2.05 bits per heavy atom. The Balaban J connectivity index is 2.29. The number of para-hydroxylation sites is 1. The van der Waals surface area contributed by atoms with Crippen molar-refractivity contribution >= 4 is 28.5 Å². The molecule has 1 N–H and O–H groups in total. The lowest BCUT2D eigenvalue weighted by atomic mass is 9.69. The average Bonchev–Trinajstić information content (AvgIpc) is 2.75. The molecular formula is C15H17ClN2O2. The summed E-state index contributed by atoms with van der Waals surface area (Å²) >= 11 is 6.13. The van der Waals surface area contributed by atoms with Gasteiger partial charge in [-0.25, -0.2) is 0 Å². The monoisotopic (exact) mass is 292 g/mol. The van der Waals surface area contributed by atoms with Crippen molar-refractivity contribution in [1.29, 1.82) is 0 Å². The average molecular weight is 293 g/mol. The molecule has 0 saturated heterocycles. The van der Waals surface area contributed by atoms with Gasteiger partial charge in [0, 0.05) is 12.4 Å². The molecule has 5 heteroatoms. The van der Waals surface area contributed by atoms with Crippen LogP contribution in [0.3, 0.4) is 0 Å². The third-order valence-electron chi connectivity index (χ3n) is 4.45. The topological polar surface area (TPSA) is 55.1 Å². The maximum Gasteiger partial charge on any atom is 0.314 e. The van der Waals surface area contributed by atoms with Crippen molar-refractivity contribution in [3.63, 3.8) is 0 Å². The quantitative estimate of drug-likeness (QED) is 0.921. The van der Waals surface area contributed by atoms with Gasteiger partial charge in [-0.2, -0.15) is 5.10 Å². The predicted molar refractivity (Wildman–Crippen MR) is 78.1 cm³/mol. The molecule has 20 heavy (non-hydrogen) atoms. The van der Waals surface area contributed by atoms with Crippen LogP contribution in [0.15, 0.2) is 18.2 Å². The minimum atomic E-state index is -0.797. The van der Waals surface area contributed by atoms with Crippen molar-refractivity contribution in [2.45, 2.75) is 37.5 Å². The van der Waals surface area contributed by atoms with Crippen LogP contribution >= 0.6 is 11.6 Å². The normalized spacial score (nSPS) is 18.3. The number of rotatable bonds is 2. The molecule has 0 aliphatic heterocycles. The van der Waals surface area contributed by atoms with Gasteiger partial charge in [-0.15, -0.1) is 0 Å². The molecule has 1 aromatic heterocycles. The fraction of sp³-hybridized carbons (Fsp3) is 0.467. The van der Waals surface area contributed by atoms with E-state index in [0.717, 1.165) is 35.7 Å². The number of fused-ring (bicyclic) bond motifs is 1. The number of carbonyl (C=O) groups is 1. The molecule has 1 aliphatic carbocycles. The van der Waals surface area contributed by atoms with E-state index in [-0.39, 0.29) is 0 Å². The van der Waals surface area contributed by atoms with Crippen LogP contribution in [-0.4, -0.2) is 20.9 Å². The maximum atomic E-state index is 12.0. The van der Waals surface area contributed by atoms with E-state index in [2.05, 4.69) is 5.10 Å². The van der Waals surface area contributed by atoms with Crippen molar-refractivity contribution in [1.82, 2.24) is 9.78 Å². The number of carboxylic acids is 1. The number of carboxylic acid groups (broad SMARTS) is 1. The highest BCUT2D eigenvalue weighted by Gasteiger charge is 2.43. The molecule has 1 fully saturated rings. The summed E-state index contributed by atoms with van der Waals surface area (Å²) in [6.07, 6.45) is 4.38. The first-order valence-corrected chi connectivity index (χ1v) is 7.29. The first-order chi connectivity index (χ1) is 9.56. The van der Waals surface area contributed by atoms with E-state index in [9.17, 15) is 9.90 Å². The fourth-order valence-electron chi connectivity index (χ4n) is 3.43.